The van der Waals surface area contributed by atoms with E-state index in [1.54, 1.807) is 32.4 Å². The predicted molar refractivity (Wildman–Crippen MR) is 150 cm³/mol. The Bertz CT molecular complexity index is 1740. The molecule has 6 rings (SSSR count). The highest BCUT2D eigenvalue weighted by molar-refractivity contribution is 7.99. The molecule has 8 nitrogen and oxygen atoms in total. The first kappa shape index (κ1) is 24.1. The Morgan fingerprint density at radius 3 is 2.66 bits per heavy atom. The summed E-state index contributed by atoms with van der Waals surface area (Å²) in [7, 11) is 3.11. The number of hydrogen-bond acceptors (Lipinski definition) is 6. The molecule has 0 unspecified atom stereocenters. The summed E-state index contributed by atoms with van der Waals surface area (Å²) in [5.74, 6) is 1.17. The van der Waals surface area contributed by atoms with E-state index in [1.807, 2.05) is 47.4 Å². The molecule has 0 saturated carbocycles. The Balaban J connectivity index is 1.44. The number of aryl methyl sites for hydroxylation is 1. The van der Waals surface area contributed by atoms with Gasteiger partial charge in [0.05, 0.1) is 25.7 Å². The summed E-state index contributed by atoms with van der Waals surface area (Å²) in [6.07, 6.45) is 1.88. The largest absolute Gasteiger partial charge is 0.493 e. The van der Waals surface area contributed by atoms with Crippen LogP contribution in [0.4, 0.5) is 5.69 Å². The van der Waals surface area contributed by atoms with Crippen molar-refractivity contribution in [3.05, 3.63) is 82.6 Å². The van der Waals surface area contributed by atoms with Gasteiger partial charge in [-0.15, -0.1) is 0 Å². The lowest BCUT2D eigenvalue weighted by atomic mass is 10.0. The second-order valence-corrected chi connectivity index (χ2v) is 9.98. The first-order chi connectivity index (χ1) is 18.6. The molecule has 0 spiro atoms. The number of hydrogen-bond donors (Lipinski definition) is 1. The maximum absolute atomic E-state index is 13.9. The molecule has 3 aromatic carbocycles. The average Bonchev–Trinajstić information content (AvgIpc) is 3.34. The number of carbonyl (C=O) groups excluding carboxylic acids is 1. The summed E-state index contributed by atoms with van der Waals surface area (Å²) in [6.45, 7) is 0.674. The number of thioether (sulfide) groups is 1. The van der Waals surface area contributed by atoms with Crippen molar-refractivity contribution in [2.45, 2.75) is 18.0 Å². The lowest BCUT2D eigenvalue weighted by molar-refractivity contribution is -0.116. The highest BCUT2D eigenvalue weighted by Gasteiger charge is 2.24. The molecule has 1 aliphatic heterocycles. The summed E-state index contributed by atoms with van der Waals surface area (Å²) in [4.78, 5) is 37.3. The van der Waals surface area contributed by atoms with Gasteiger partial charge in [-0.05, 0) is 42.7 Å². The number of ether oxygens (including phenoxy) is 2. The molecule has 0 bridgehead atoms. The Hall–Kier alpha value is -4.24. The number of aromatic nitrogens is 3. The maximum atomic E-state index is 13.9. The van der Waals surface area contributed by atoms with Gasteiger partial charge >= 0.3 is 0 Å². The number of carbonyl (C=O) groups is 1. The van der Waals surface area contributed by atoms with Crippen molar-refractivity contribution in [3.8, 4) is 17.2 Å². The van der Waals surface area contributed by atoms with Crippen LogP contribution in [-0.2, 0) is 11.2 Å². The van der Waals surface area contributed by atoms with Crippen LogP contribution < -0.4 is 19.9 Å². The number of methoxy groups -OCH3 is 2. The van der Waals surface area contributed by atoms with Crippen molar-refractivity contribution in [2.75, 3.05) is 31.4 Å². The summed E-state index contributed by atoms with van der Waals surface area (Å²) in [5, 5.41) is 1.29. The minimum atomic E-state index is -0.253. The second kappa shape index (κ2) is 9.90. The van der Waals surface area contributed by atoms with Gasteiger partial charge in [-0.2, -0.15) is 0 Å². The zero-order chi connectivity index (χ0) is 26.2. The van der Waals surface area contributed by atoms with Crippen molar-refractivity contribution in [3.63, 3.8) is 0 Å². The van der Waals surface area contributed by atoms with Crippen LogP contribution >= 0.6 is 11.8 Å². The quantitative estimate of drug-likeness (QED) is 0.249. The zero-order valence-corrected chi connectivity index (χ0v) is 21.9. The van der Waals surface area contributed by atoms with E-state index in [2.05, 4.69) is 11.1 Å². The highest BCUT2D eigenvalue weighted by Crippen LogP contribution is 2.32. The van der Waals surface area contributed by atoms with Crippen LogP contribution in [0, 0.1) is 0 Å². The van der Waals surface area contributed by atoms with Crippen LogP contribution in [0.5, 0.6) is 11.5 Å². The molecule has 0 fully saturated rings. The van der Waals surface area contributed by atoms with Gasteiger partial charge in [-0.25, -0.2) is 4.98 Å². The third-order valence-corrected chi connectivity index (χ3v) is 7.78. The third-order valence-electron chi connectivity index (χ3n) is 6.86. The molecule has 1 aliphatic rings. The Morgan fingerprint density at radius 2 is 1.82 bits per heavy atom. The standard InChI is InChI=1S/C29H26N4O4S/c1-36-23-14-13-19(16-24(23)37-2)33-28(35)27-26(20-10-4-5-11-21(20)30-27)31-29(33)38-17-25(34)32-15-7-9-18-8-3-6-12-22(18)32/h3-6,8,10-14,16,30H,7,9,15,17H2,1-2H3. The van der Waals surface area contributed by atoms with Crippen LogP contribution in [0.1, 0.15) is 12.0 Å². The minimum Gasteiger partial charge on any atom is -0.493 e. The van der Waals surface area contributed by atoms with E-state index in [0.717, 1.165) is 29.4 Å². The molecule has 2 aromatic heterocycles. The number of nitrogens with one attached hydrogen (secondary N) is 1. The van der Waals surface area contributed by atoms with Gasteiger partial charge in [0.15, 0.2) is 16.7 Å². The number of anilines is 1. The van der Waals surface area contributed by atoms with E-state index < -0.39 is 0 Å². The smallest absolute Gasteiger partial charge is 0.283 e. The fraction of sp³-hybridized carbons (Fsp3) is 0.207. The van der Waals surface area contributed by atoms with Crippen LogP contribution in [0.3, 0.4) is 0 Å². The monoisotopic (exact) mass is 526 g/mol. The molecular formula is C29H26N4O4S. The highest BCUT2D eigenvalue weighted by atomic mass is 32.2. The van der Waals surface area contributed by atoms with Crippen molar-refractivity contribution < 1.29 is 14.3 Å². The molecular weight excluding hydrogens is 500 g/mol. The topological polar surface area (TPSA) is 89.5 Å². The third kappa shape index (κ3) is 4.09. The van der Waals surface area contributed by atoms with Gasteiger partial charge in [0.25, 0.3) is 5.56 Å². The number of nitrogens with zero attached hydrogens (tertiary/aromatic N) is 3. The van der Waals surface area contributed by atoms with Crippen molar-refractivity contribution in [2.24, 2.45) is 0 Å². The number of aromatic amines is 1. The molecule has 0 atom stereocenters. The van der Waals surface area contributed by atoms with Gasteiger partial charge in [0.1, 0.15) is 11.0 Å². The van der Waals surface area contributed by atoms with Crippen LogP contribution in [0.25, 0.3) is 27.6 Å². The number of rotatable bonds is 6. The molecule has 1 amide bonds. The van der Waals surface area contributed by atoms with Crippen molar-refractivity contribution in [1.82, 2.24) is 14.5 Å². The first-order valence-corrected chi connectivity index (χ1v) is 13.3. The minimum absolute atomic E-state index is 0.0192. The fourth-order valence-electron chi connectivity index (χ4n) is 5.03. The number of para-hydroxylation sites is 2. The van der Waals surface area contributed by atoms with E-state index in [9.17, 15) is 9.59 Å². The van der Waals surface area contributed by atoms with Crippen LogP contribution in [-0.4, -0.2) is 47.0 Å². The van der Waals surface area contributed by atoms with Crippen molar-refractivity contribution >= 4 is 45.3 Å². The normalized spacial score (nSPS) is 13.1. The number of H-pyrrole nitrogens is 1. The van der Waals surface area contributed by atoms with Gasteiger partial charge in [-0.3, -0.25) is 14.2 Å². The van der Waals surface area contributed by atoms with Gasteiger partial charge in [-0.1, -0.05) is 48.2 Å². The molecule has 192 valence electrons. The summed E-state index contributed by atoms with van der Waals surface area (Å²) in [6, 6.07) is 21.0. The fourth-order valence-corrected chi connectivity index (χ4v) is 5.91. The molecule has 38 heavy (non-hydrogen) atoms. The predicted octanol–water partition coefficient (Wildman–Crippen LogP) is 4.96. The first-order valence-electron chi connectivity index (χ1n) is 12.4. The Labute approximate surface area is 223 Å². The lowest BCUT2D eigenvalue weighted by Gasteiger charge is -2.29. The zero-order valence-electron chi connectivity index (χ0n) is 21.1. The Kier molecular flexibility index (Phi) is 6.29. The molecule has 0 radical (unpaired) electrons. The van der Waals surface area contributed by atoms with E-state index in [0.29, 0.717) is 39.9 Å². The van der Waals surface area contributed by atoms with E-state index >= 15 is 0 Å². The molecule has 9 heteroatoms. The summed E-state index contributed by atoms with van der Waals surface area (Å²) in [5.41, 5.74) is 4.27. The van der Waals surface area contributed by atoms with Crippen LogP contribution in [0.2, 0.25) is 0 Å². The number of benzene rings is 3. The summed E-state index contributed by atoms with van der Waals surface area (Å²) < 4.78 is 12.4. The molecule has 3 heterocycles. The molecule has 5 aromatic rings. The maximum Gasteiger partial charge on any atom is 0.283 e. The summed E-state index contributed by atoms with van der Waals surface area (Å²) >= 11 is 1.26. The Morgan fingerprint density at radius 1 is 1.03 bits per heavy atom. The number of amides is 1. The van der Waals surface area contributed by atoms with E-state index in [4.69, 9.17) is 14.5 Å². The molecule has 0 saturated heterocycles. The second-order valence-electron chi connectivity index (χ2n) is 9.03. The number of fused-ring (bicyclic) bond motifs is 4. The van der Waals surface area contributed by atoms with Gasteiger partial charge < -0.3 is 19.4 Å². The van der Waals surface area contributed by atoms with Crippen molar-refractivity contribution in [1.29, 1.82) is 0 Å². The molecule has 0 aliphatic carbocycles. The van der Waals surface area contributed by atoms with Gasteiger partial charge in [0, 0.05) is 29.2 Å². The lowest BCUT2D eigenvalue weighted by Crippen LogP contribution is -2.36. The van der Waals surface area contributed by atoms with E-state index in [-0.39, 0.29) is 17.2 Å². The molecule has 1 N–H and O–H groups in total. The van der Waals surface area contributed by atoms with Crippen LogP contribution in [0.15, 0.2) is 76.7 Å². The van der Waals surface area contributed by atoms with E-state index in [1.165, 1.54) is 21.9 Å². The SMILES string of the molecule is COc1ccc(-n2c(SCC(=O)N3CCCc4ccccc43)nc3c([nH]c4ccccc43)c2=O)cc1OC. The average molecular weight is 527 g/mol. The van der Waals surface area contributed by atoms with Gasteiger partial charge in [0.2, 0.25) is 5.91 Å².